The first-order chi connectivity index (χ1) is 9.70. The molecule has 1 aromatic carbocycles. The monoisotopic (exact) mass is 296 g/mol. The molecular formula is C16H25ClN2O. The summed E-state index contributed by atoms with van der Waals surface area (Å²) < 4.78 is 5.01. The van der Waals surface area contributed by atoms with Crippen molar-refractivity contribution in [2.75, 3.05) is 38.8 Å². The van der Waals surface area contributed by atoms with Crippen molar-refractivity contribution in [2.24, 2.45) is 5.92 Å². The highest BCUT2D eigenvalue weighted by molar-refractivity contribution is 6.31. The van der Waals surface area contributed by atoms with Crippen LogP contribution in [0.5, 0.6) is 0 Å². The van der Waals surface area contributed by atoms with Crippen LogP contribution in [0.2, 0.25) is 5.02 Å². The van der Waals surface area contributed by atoms with E-state index in [-0.39, 0.29) is 0 Å². The van der Waals surface area contributed by atoms with Crippen molar-refractivity contribution in [1.29, 1.82) is 0 Å². The standard InChI is InChI=1S/C16H25ClN2O/c1-19(12-13-4-3-5-13)15-7-6-14(16(17)10-15)11-18-8-9-20-2/h6-7,10,13,18H,3-5,8-9,11-12H2,1-2H3. The van der Waals surface area contributed by atoms with Crippen molar-refractivity contribution in [3.8, 4) is 0 Å². The number of hydrogen-bond acceptors (Lipinski definition) is 3. The second kappa shape index (κ2) is 7.87. The van der Waals surface area contributed by atoms with Gasteiger partial charge in [-0.25, -0.2) is 0 Å². The number of hydrogen-bond donors (Lipinski definition) is 1. The molecule has 0 radical (unpaired) electrons. The Hall–Kier alpha value is -0.770. The lowest BCUT2D eigenvalue weighted by atomic mass is 9.85. The number of benzene rings is 1. The molecule has 0 unspecified atom stereocenters. The van der Waals surface area contributed by atoms with Gasteiger partial charge in [0.25, 0.3) is 0 Å². The lowest BCUT2D eigenvalue weighted by molar-refractivity contribution is 0.199. The van der Waals surface area contributed by atoms with Crippen LogP contribution in [0.4, 0.5) is 5.69 Å². The zero-order valence-corrected chi connectivity index (χ0v) is 13.2. The molecule has 112 valence electrons. The Morgan fingerprint density at radius 2 is 2.20 bits per heavy atom. The van der Waals surface area contributed by atoms with Crippen molar-refractivity contribution in [3.05, 3.63) is 28.8 Å². The smallest absolute Gasteiger partial charge is 0.0587 e. The summed E-state index contributed by atoms with van der Waals surface area (Å²) in [5.41, 5.74) is 2.35. The van der Waals surface area contributed by atoms with Crippen LogP contribution in [-0.4, -0.2) is 33.9 Å². The maximum Gasteiger partial charge on any atom is 0.0587 e. The summed E-state index contributed by atoms with van der Waals surface area (Å²) in [6.07, 6.45) is 4.14. The fourth-order valence-corrected chi connectivity index (χ4v) is 2.72. The molecule has 0 amide bonds. The Morgan fingerprint density at radius 3 is 2.80 bits per heavy atom. The quantitative estimate of drug-likeness (QED) is 0.745. The minimum absolute atomic E-state index is 0.722. The SMILES string of the molecule is COCCNCc1ccc(N(C)CC2CCC2)cc1Cl. The molecule has 0 aromatic heterocycles. The van der Waals surface area contributed by atoms with E-state index in [0.717, 1.165) is 42.7 Å². The van der Waals surface area contributed by atoms with E-state index in [9.17, 15) is 0 Å². The minimum Gasteiger partial charge on any atom is -0.383 e. The highest BCUT2D eigenvalue weighted by Gasteiger charge is 2.19. The number of halogens is 1. The van der Waals surface area contributed by atoms with Crippen molar-refractivity contribution >= 4 is 17.3 Å². The zero-order valence-electron chi connectivity index (χ0n) is 12.5. The van der Waals surface area contributed by atoms with Crippen molar-refractivity contribution in [2.45, 2.75) is 25.8 Å². The lowest BCUT2D eigenvalue weighted by Crippen LogP contribution is -2.29. The Balaban J connectivity index is 1.87. The first-order valence-corrected chi connectivity index (χ1v) is 7.77. The van der Waals surface area contributed by atoms with Crippen LogP contribution in [0, 0.1) is 5.92 Å². The van der Waals surface area contributed by atoms with E-state index in [0.29, 0.717) is 0 Å². The number of anilines is 1. The van der Waals surface area contributed by atoms with Gasteiger partial charge in [-0.15, -0.1) is 0 Å². The fraction of sp³-hybridized carbons (Fsp3) is 0.625. The summed E-state index contributed by atoms with van der Waals surface area (Å²) in [6.45, 7) is 3.49. The highest BCUT2D eigenvalue weighted by Crippen LogP contribution is 2.29. The van der Waals surface area contributed by atoms with Crippen molar-refractivity contribution in [3.63, 3.8) is 0 Å². The van der Waals surface area contributed by atoms with Gasteiger partial charge in [-0.3, -0.25) is 0 Å². The number of rotatable bonds is 8. The van der Waals surface area contributed by atoms with Gasteiger partial charge in [0.2, 0.25) is 0 Å². The van der Waals surface area contributed by atoms with Gasteiger partial charge >= 0.3 is 0 Å². The molecule has 1 aliphatic carbocycles. The summed E-state index contributed by atoms with van der Waals surface area (Å²) in [4.78, 5) is 2.32. The van der Waals surface area contributed by atoms with E-state index in [1.54, 1.807) is 7.11 Å². The van der Waals surface area contributed by atoms with Crippen LogP contribution in [-0.2, 0) is 11.3 Å². The van der Waals surface area contributed by atoms with Gasteiger partial charge in [0.1, 0.15) is 0 Å². The Kier molecular flexibility index (Phi) is 6.14. The third-order valence-corrected chi connectivity index (χ3v) is 4.38. The summed E-state index contributed by atoms with van der Waals surface area (Å²) in [6, 6.07) is 6.36. The van der Waals surface area contributed by atoms with E-state index in [2.05, 4.69) is 35.5 Å². The van der Waals surface area contributed by atoms with E-state index in [4.69, 9.17) is 16.3 Å². The van der Waals surface area contributed by atoms with Crippen molar-refractivity contribution in [1.82, 2.24) is 5.32 Å². The van der Waals surface area contributed by atoms with Crippen LogP contribution in [0.1, 0.15) is 24.8 Å². The third-order valence-electron chi connectivity index (χ3n) is 4.03. The lowest BCUT2D eigenvalue weighted by Gasteiger charge is -2.31. The first kappa shape index (κ1) is 15.6. The minimum atomic E-state index is 0.722. The van der Waals surface area contributed by atoms with Gasteiger partial charge in [0.05, 0.1) is 6.61 Å². The number of nitrogens with one attached hydrogen (secondary N) is 1. The van der Waals surface area contributed by atoms with Crippen LogP contribution >= 0.6 is 11.6 Å². The normalized spacial score (nSPS) is 15.2. The molecule has 2 rings (SSSR count). The zero-order chi connectivity index (χ0) is 14.4. The molecule has 0 bridgehead atoms. The summed E-state index contributed by atoms with van der Waals surface area (Å²) >= 11 is 6.37. The average molecular weight is 297 g/mol. The van der Waals surface area contributed by atoms with Gasteiger partial charge in [0.15, 0.2) is 0 Å². The van der Waals surface area contributed by atoms with Crippen LogP contribution in [0.25, 0.3) is 0 Å². The molecule has 1 aliphatic rings. The van der Waals surface area contributed by atoms with E-state index in [1.165, 1.54) is 24.9 Å². The average Bonchev–Trinajstić information content (AvgIpc) is 2.40. The summed E-state index contributed by atoms with van der Waals surface area (Å²) in [7, 11) is 3.86. The van der Waals surface area contributed by atoms with E-state index in [1.807, 2.05) is 0 Å². The molecule has 3 nitrogen and oxygen atoms in total. The molecule has 4 heteroatoms. The number of methoxy groups -OCH3 is 1. The van der Waals surface area contributed by atoms with Gasteiger partial charge in [-0.2, -0.15) is 0 Å². The Bertz CT molecular complexity index is 421. The topological polar surface area (TPSA) is 24.5 Å². The molecule has 0 atom stereocenters. The van der Waals surface area contributed by atoms with Crippen LogP contribution < -0.4 is 10.2 Å². The molecule has 0 spiro atoms. The van der Waals surface area contributed by atoms with E-state index < -0.39 is 0 Å². The summed E-state index contributed by atoms with van der Waals surface area (Å²) in [5, 5.41) is 4.16. The molecule has 1 N–H and O–H groups in total. The Morgan fingerprint density at radius 1 is 1.40 bits per heavy atom. The molecule has 1 fully saturated rings. The molecule has 0 saturated heterocycles. The third kappa shape index (κ3) is 4.37. The largest absolute Gasteiger partial charge is 0.383 e. The maximum absolute atomic E-state index is 6.37. The van der Waals surface area contributed by atoms with Gasteiger partial charge < -0.3 is 15.0 Å². The Labute approximate surface area is 127 Å². The van der Waals surface area contributed by atoms with Crippen molar-refractivity contribution < 1.29 is 4.74 Å². The molecule has 1 saturated carbocycles. The van der Waals surface area contributed by atoms with Gasteiger partial charge in [0, 0.05) is 44.5 Å². The first-order valence-electron chi connectivity index (χ1n) is 7.40. The molecule has 20 heavy (non-hydrogen) atoms. The second-order valence-electron chi connectivity index (χ2n) is 5.62. The van der Waals surface area contributed by atoms with Gasteiger partial charge in [-0.05, 0) is 36.5 Å². The predicted molar refractivity (Wildman–Crippen MR) is 85.6 cm³/mol. The van der Waals surface area contributed by atoms with E-state index >= 15 is 0 Å². The maximum atomic E-state index is 6.37. The predicted octanol–water partition coefficient (Wildman–Crippen LogP) is 3.31. The molecular weight excluding hydrogens is 272 g/mol. The number of ether oxygens (including phenoxy) is 1. The molecule has 0 heterocycles. The molecule has 1 aromatic rings. The number of nitrogens with zero attached hydrogens (tertiary/aromatic N) is 1. The fourth-order valence-electron chi connectivity index (χ4n) is 2.48. The molecule has 0 aliphatic heterocycles. The highest BCUT2D eigenvalue weighted by atomic mass is 35.5. The van der Waals surface area contributed by atoms with Gasteiger partial charge in [-0.1, -0.05) is 24.1 Å². The second-order valence-corrected chi connectivity index (χ2v) is 6.03. The van der Waals surface area contributed by atoms with Crippen LogP contribution in [0.3, 0.4) is 0 Å². The van der Waals surface area contributed by atoms with Crippen LogP contribution in [0.15, 0.2) is 18.2 Å². The summed E-state index contributed by atoms with van der Waals surface area (Å²) in [5.74, 6) is 0.870.